The fourth-order valence-corrected chi connectivity index (χ4v) is 22.3. The third-order valence-electron chi connectivity index (χ3n) is 20.5. The molecule has 10 heterocycles. The van der Waals surface area contributed by atoms with Crippen molar-refractivity contribution in [1.82, 2.24) is 49.0 Å². The Hall–Kier alpha value is -6.79. The van der Waals surface area contributed by atoms with Gasteiger partial charge in [-0.25, -0.2) is 36.4 Å². The molecule has 6 aromatic heterocycles. The molecular formula is C82H119BrN12O12S2Si4. The van der Waals surface area contributed by atoms with Crippen LogP contribution in [0.3, 0.4) is 0 Å². The van der Waals surface area contributed by atoms with Gasteiger partial charge in [0, 0.05) is 152 Å². The molecule has 8 aromatic rings. The number of benzene rings is 2. The number of halogens is 1. The van der Waals surface area contributed by atoms with Gasteiger partial charge in [-0.2, -0.15) is 19.2 Å². The number of amides is 2. The minimum atomic E-state index is -3.37. The molecule has 2 amide bonds. The quantitative estimate of drug-likeness (QED) is 0.0251. The summed E-state index contributed by atoms with van der Waals surface area (Å²) in [6, 6.07) is 32.2. The summed E-state index contributed by atoms with van der Waals surface area (Å²) in [4.78, 5) is 54.8. The predicted octanol–water partition coefficient (Wildman–Crippen LogP) is 17.1. The molecule has 0 N–H and O–H groups in total. The van der Waals surface area contributed by atoms with E-state index in [0.717, 1.165) is 96.4 Å². The van der Waals surface area contributed by atoms with Gasteiger partial charge in [-0.3, -0.25) is 9.97 Å². The van der Waals surface area contributed by atoms with Gasteiger partial charge in [0.2, 0.25) is 0 Å². The van der Waals surface area contributed by atoms with Gasteiger partial charge in [0.05, 0.1) is 57.0 Å². The molecule has 113 heavy (non-hydrogen) atoms. The van der Waals surface area contributed by atoms with E-state index in [1.807, 2.05) is 160 Å². The summed E-state index contributed by atoms with van der Waals surface area (Å²) in [7, 11) is -12.1. The van der Waals surface area contributed by atoms with Crippen LogP contribution in [0.1, 0.15) is 90.4 Å². The highest BCUT2D eigenvalue weighted by atomic mass is 79.9. The second kappa shape index (κ2) is 35.6. The van der Waals surface area contributed by atoms with Crippen LogP contribution in [0.4, 0.5) is 21.2 Å². The Morgan fingerprint density at radius 2 is 0.832 bits per heavy atom. The highest BCUT2D eigenvalue weighted by Gasteiger charge is 2.51. The van der Waals surface area contributed by atoms with Gasteiger partial charge >= 0.3 is 12.2 Å². The molecule has 4 aliphatic heterocycles. The summed E-state index contributed by atoms with van der Waals surface area (Å²) in [6.07, 6.45) is 8.12. The number of hydrogen-bond acceptors (Lipinski definition) is 20. The van der Waals surface area contributed by atoms with Gasteiger partial charge in [-0.1, -0.05) is 151 Å². The van der Waals surface area contributed by atoms with Crippen molar-refractivity contribution < 1.29 is 54.8 Å². The van der Waals surface area contributed by atoms with Crippen molar-refractivity contribution in [3.8, 4) is 44.8 Å². The molecule has 4 atom stereocenters. The Labute approximate surface area is 681 Å². The van der Waals surface area contributed by atoms with Gasteiger partial charge < -0.3 is 48.0 Å². The fraction of sp³-hybridized carbons (Fsp3) is 0.561. The molecule has 0 saturated carbocycles. The van der Waals surface area contributed by atoms with Gasteiger partial charge in [0.15, 0.2) is 36.8 Å². The first kappa shape index (κ1) is 87.1. The molecule has 4 unspecified atom stereocenters. The van der Waals surface area contributed by atoms with Crippen LogP contribution >= 0.6 is 15.9 Å². The monoisotopic (exact) mass is 1720 g/mol. The molecule has 31 heteroatoms. The number of carbonyl (C=O) groups is 2. The molecular weight excluding hydrogens is 1600 g/mol. The standard InChI is InChI=1S/C41H59BrN6O6SSi2.C41H60N6O6SSi2/c1-41(2,3)54-40(49)47-32-21-31(22-33(47)26-55(50,51)25-32)37-36(42)39(46(27-52-17-19-56(4,5)6)28-53-18-20-57(7,8)9)48-38(45-37)34(24-44-48)30-15-16-35(43-23-30)29-13-11-10-12-14-29;1-41(2,3)53-40(48)46-33-21-32(22-34(46)27-54(49,50)26-33)37-23-38(45(28-51-17-19-55(4,5)6)29-52-18-20-56(7,8)9)47-39(44-37)35(25-43-47)31-15-16-36(42-24-31)30-13-11-10-12-14-30/h10-16,23-24,31-33H,17-22,25-28H2,1-9H3;10-16,23-25,32-34H,17-22,26-29H2,1-9H3. The van der Waals surface area contributed by atoms with Crippen LogP contribution in [-0.2, 0) is 48.1 Å². The minimum absolute atomic E-state index is 0.103. The lowest BCUT2D eigenvalue weighted by Crippen LogP contribution is -2.61. The highest BCUT2D eigenvalue weighted by molar-refractivity contribution is 9.10. The molecule has 4 fully saturated rings. The molecule has 0 spiro atoms. The van der Waals surface area contributed by atoms with Crippen molar-refractivity contribution in [3.63, 3.8) is 0 Å². The van der Waals surface area contributed by atoms with Gasteiger partial charge in [0.1, 0.15) is 43.9 Å². The molecule has 2 aromatic carbocycles. The first-order chi connectivity index (χ1) is 52.9. The van der Waals surface area contributed by atoms with E-state index in [9.17, 15) is 26.4 Å². The van der Waals surface area contributed by atoms with Crippen molar-refractivity contribution in [1.29, 1.82) is 0 Å². The maximum atomic E-state index is 13.6. The Morgan fingerprint density at radius 3 is 1.19 bits per heavy atom. The zero-order valence-electron chi connectivity index (χ0n) is 69.5. The number of sulfone groups is 2. The zero-order chi connectivity index (χ0) is 81.8. The first-order valence-corrected chi connectivity index (χ1v) is 58.9. The number of hydrogen-bond donors (Lipinski definition) is 0. The van der Waals surface area contributed by atoms with Crippen LogP contribution in [0.25, 0.3) is 56.1 Å². The van der Waals surface area contributed by atoms with Gasteiger partial charge in [0.25, 0.3) is 0 Å². The van der Waals surface area contributed by atoms with Crippen LogP contribution in [-0.4, -0.2) is 222 Å². The lowest BCUT2D eigenvalue weighted by atomic mass is 9.84. The van der Waals surface area contributed by atoms with Crippen LogP contribution in [0.15, 0.2) is 120 Å². The van der Waals surface area contributed by atoms with E-state index in [4.69, 9.17) is 58.6 Å². The van der Waals surface area contributed by atoms with Crippen LogP contribution in [0, 0.1) is 0 Å². The third-order valence-corrected chi connectivity index (χ3v) is 31.7. The van der Waals surface area contributed by atoms with E-state index >= 15 is 0 Å². The lowest BCUT2D eigenvalue weighted by molar-refractivity contribution is -0.00497. The largest absolute Gasteiger partial charge is 0.444 e. The van der Waals surface area contributed by atoms with Crippen LogP contribution in [0.2, 0.25) is 103 Å². The highest BCUT2D eigenvalue weighted by Crippen LogP contribution is 2.46. The van der Waals surface area contributed by atoms with Gasteiger partial charge in [-0.05, 0) is 119 Å². The number of aromatic nitrogens is 8. The molecule has 614 valence electrons. The van der Waals surface area contributed by atoms with E-state index in [-0.39, 0.29) is 48.3 Å². The number of ether oxygens (including phenoxy) is 6. The minimum Gasteiger partial charge on any atom is -0.444 e. The number of fused-ring (bicyclic) bond motifs is 6. The average Bonchev–Trinajstić information content (AvgIpc) is 1.73. The number of rotatable bonds is 28. The summed E-state index contributed by atoms with van der Waals surface area (Å²) in [5, 5.41) is 9.83. The van der Waals surface area contributed by atoms with Crippen molar-refractivity contribution in [3.05, 3.63) is 132 Å². The molecule has 24 nitrogen and oxygen atoms in total. The summed E-state index contributed by atoms with van der Waals surface area (Å²) < 4.78 is 94.0. The number of carbonyl (C=O) groups excluding carboxylic acids is 2. The summed E-state index contributed by atoms with van der Waals surface area (Å²) >= 11 is 4.01. The Balaban J connectivity index is 0.000000223. The molecule has 0 radical (unpaired) electrons. The Bertz CT molecular complexity index is 4730. The van der Waals surface area contributed by atoms with E-state index < -0.39 is 99.5 Å². The van der Waals surface area contributed by atoms with E-state index in [1.54, 1.807) is 9.80 Å². The van der Waals surface area contributed by atoms with E-state index in [2.05, 4.69) is 110 Å². The zero-order valence-corrected chi connectivity index (χ0v) is 76.8. The SMILES string of the molecule is CC(C)(C)OC(=O)N1C2CC(c3cc(N(COCC[Si](C)(C)C)COCC[Si](C)(C)C)n4ncc(-c5ccc(-c6ccccc6)nc5)c4n3)CC1CS(=O)(=O)C2.CC(C)(C)OC(=O)N1C2CC(c3nc4c(-c5ccc(-c6ccccc6)nc5)cnn4c(N(COCC[Si](C)(C)C)COCC[Si](C)(C)C)c3Br)CC1CS(=O)(=O)C2. The normalized spacial score (nSPS) is 19.9. The number of anilines is 2. The smallest absolute Gasteiger partial charge is 0.410 e. The van der Waals surface area contributed by atoms with E-state index in [0.29, 0.717) is 76.9 Å². The number of nitrogens with zero attached hydrogens (tertiary/aromatic N) is 12. The topological polar surface area (TPSA) is 257 Å². The Kier molecular flexibility index (Phi) is 27.4. The summed E-state index contributed by atoms with van der Waals surface area (Å²) in [5.74, 6) is 0.780. The summed E-state index contributed by atoms with van der Waals surface area (Å²) in [6.45, 7) is 42.7. The van der Waals surface area contributed by atoms with E-state index in [1.165, 1.54) is 0 Å². The molecule has 0 aliphatic carbocycles. The summed E-state index contributed by atoms with van der Waals surface area (Å²) in [5.41, 5.74) is 8.65. The van der Waals surface area contributed by atoms with Crippen molar-refractivity contribution in [2.45, 2.75) is 217 Å². The predicted molar refractivity (Wildman–Crippen MR) is 464 cm³/mol. The molecule has 4 aliphatic rings. The average molecular weight is 1720 g/mol. The van der Waals surface area contributed by atoms with Crippen LogP contribution < -0.4 is 9.80 Å². The first-order valence-electron chi connectivity index (χ1n) is 39.7. The molecule has 4 bridgehead atoms. The van der Waals surface area contributed by atoms with Crippen molar-refractivity contribution >= 4 is 103 Å². The van der Waals surface area contributed by atoms with Crippen LogP contribution in [0.5, 0.6) is 0 Å². The van der Waals surface area contributed by atoms with Crippen molar-refractivity contribution in [2.75, 3.05) is 86.2 Å². The Morgan fingerprint density at radius 1 is 0.469 bits per heavy atom. The second-order valence-electron chi connectivity index (χ2n) is 37.7. The molecule has 12 rings (SSSR count). The maximum absolute atomic E-state index is 13.6. The lowest BCUT2D eigenvalue weighted by Gasteiger charge is -2.48. The third kappa shape index (κ3) is 23.8. The number of pyridine rings is 2. The van der Waals surface area contributed by atoms with Gasteiger partial charge in [-0.15, -0.1) is 0 Å². The molecule has 4 saturated heterocycles. The second-order valence-corrected chi connectivity index (χ2v) is 65.3. The number of piperidine rings is 2. The maximum Gasteiger partial charge on any atom is 0.410 e. The fourth-order valence-electron chi connectivity index (χ4n) is 14.7. The van der Waals surface area contributed by atoms with Crippen molar-refractivity contribution in [2.24, 2.45) is 0 Å².